The van der Waals surface area contributed by atoms with Gasteiger partial charge in [0.1, 0.15) is 13.2 Å². The second-order valence-electron chi connectivity index (χ2n) is 5.07. The zero-order chi connectivity index (χ0) is 13.9. The summed E-state index contributed by atoms with van der Waals surface area (Å²) in [6.07, 6.45) is 4.26. The minimum atomic E-state index is 0. The van der Waals surface area contributed by atoms with Crippen molar-refractivity contribution in [3.8, 4) is 11.5 Å². The molecule has 0 aliphatic carbocycles. The second kappa shape index (κ2) is 6.83. The number of rotatable bonds is 2. The van der Waals surface area contributed by atoms with Gasteiger partial charge in [0.05, 0.1) is 0 Å². The predicted molar refractivity (Wildman–Crippen MR) is 82.9 cm³/mol. The summed E-state index contributed by atoms with van der Waals surface area (Å²) in [5.74, 6) is 1.49. The third-order valence-corrected chi connectivity index (χ3v) is 3.52. The van der Waals surface area contributed by atoms with Crippen molar-refractivity contribution in [2.45, 2.75) is 12.5 Å². The van der Waals surface area contributed by atoms with E-state index in [1.165, 1.54) is 0 Å². The highest BCUT2D eigenvalue weighted by Crippen LogP contribution is 2.31. The van der Waals surface area contributed by atoms with E-state index in [0.717, 1.165) is 30.0 Å². The van der Waals surface area contributed by atoms with E-state index in [1.807, 2.05) is 18.2 Å². The monoisotopic (exact) mass is 310 g/mol. The molecule has 1 fully saturated rings. The topological polar surface area (TPSA) is 64.8 Å². The quantitative estimate of drug-likeness (QED) is 0.840. The summed E-state index contributed by atoms with van der Waals surface area (Å²) in [7, 11) is 0. The molecule has 1 amide bonds. The molecule has 0 radical (unpaired) electrons. The van der Waals surface area contributed by atoms with Gasteiger partial charge in [-0.25, -0.2) is 0 Å². The SMILES string of the molecule is Cl.NC1CCN(C(=O)C=Cc2ccc3c(c2)OCCO3)C1. The molecule has 2 aliphatic heterocycles. The molecular formula is C15H19ClN2O3. The number of hydrogen-bond acceptors (Lipinski definition) is 4. The minimum Gasteiger partial charge on any atom is -0.486 e. The molecule has 1 unspecified atom stereocenters. The van der Waals surface area contributed by atoms with Gasteiger partial charge in [0.2, 0.25) is 5.91 Å². The standard InChI is InChI=1S/C15H18N2O3.ClH/c16-12-5-6-17(10-12)15(18)4-2-11-1-3-13-14(9-11)20-8-7-19-13;/h1-4,9,12H,5-8,10,16H2;1H. The largest absolute Gasteiger partial charge is 0.486 e. The smallest absolute Gasteiger partial charge is 0.246 e. The summed E-state index contributed by atoms with van der Waals surface area (Å²) in [5.41, 5.74) is 6.72. The Bertz CT molecular complexity index is 548. The Morgan fingerprint density at radius 3 is 2.76 bits per heavy atom. The number of benzene rings is 1. The minimum absolute atomic E-state index is 0. The summed E-state index contributed by atoms with van der Waals surface area (Å²) < 4.78 is 11.0. The van der Waals surface area contributed by atoms with E-state index >= 15 is 0 Å². The molecule has 1 aromatic carbocycles. The van der Waals surface area contributed by atoms with Crippen molar-refractivity contribution in [2.24, 2.45) is 5.73 Å². The van der Waals surface area contributed by atoms with Crippen LogP contribution < -0.4 is 15.2 Å². The molecule has 2 heterocycles. The van der Waals surface area contributed by atoms with E-state index in [9.17, 15) is 4.79 Å². The number of amides is 1. The number of carbonyl (C=O) groups excluding carboxylic acids is 1. The Hall–Kier alpha value is -1.72. The summed E-state index contributed by atoms with van der Waals surface area (Å²) >= 11 is 0. The van der Waals surface area contributed by atoms with E-state index in [4.69, 9.17) is 15.2 Å². The van der Waals surface area contributed by atoms with Crippen molar-refractivity contribution < 1.29 is 14.3 Å². The molecule has 21 heavy (non-hydrogen) atoms. The molecule has 114 valence electrons. The molecule has 1 aromatic rings. The first-order valence-electron chi connectivity index (χ1n) is 6.84. The number of fused-ring (bicyclic) bond motifs is 1. The number of carbonyl (C=O) groups is 1. The van der Waals surface area contributed by atoms with Crippen LogP contribution in [-0.4, -0.2) is 43.2 Å². The first kappa shape index (κ1) is 15.7. The van der Waals surface area contributed by atoms with Gasteiger partial charge in [-0.3, -0.25) is 4.79 Å². The van der Waals surface area contributed by atoms with Gasteiger partial charge in [-0.05, 0) is 30.2 Å². The van der Waals surface area contributed by atoms with Crippen LogP contribution in [0.25, 0.3) is 6.08 Å². The van der Waals surface area contributed by atoms with Crippen molar-refractivity contribution in [1.82, 2.24) is 4.90 Å². The first-order valence-corrected chi connectivity index (χ1v) is 6.84. The molecule has 2 aliphatic rings. The zero-order valence-corrected chi connectivity index (χ0v) is 12.5. The van der Waals surface area contributed by atoms with E-state index in [1.54, 1.807) is 17.1 Å². The summed E-state index contributed by atoms with van der Waals surface area (Å²) in [6, 6.07) is 5.77. The molecule has 1 saturated heterocycles. The molecule has 3 rings (SSSR count). The lowest BCUT2D eigenvalue weighted by molar-refractivity contribution is -0.124. The van der Waals surface area contributed by atoms with Gasteiger partial charge in [0, 0.05) is 25.2 Å². The third-order valence-electron chi connectivity index (χ3n) is 3.52. The van der Waals surface area contributed by atoms with E-state index in [0.29, 0.717) is 19.8 Å². The molecule has 6 heteroatoms. The van der Waals surface area contributed by atoms with Crippen molar-refractivity contribution in [3.05, 3.63) is 29.8 Å². The molecule has 1 atom stereocenters. The molecule has 0 spiro atoms. The van der Waals surface area contributed by atoms with E-state index in [2.05, 4.69) is 0 Å². The van der Waals surface area contributed by atoms with Crippen molar-refractivity contribution in [3.63, 3.8) is 0 Å². The van der Waals surface area contributed by atoms with Gasteiger partial charge in [-0.15, -0.1) is 12.4 Å². The van der Waals surface area contributed by atoms with E-state index < -0.39 is 0 Å². The predicted octanol–water partition coefficient (Wildman–Crippen LogP) is 1.45. The van der Waals surface area contributed by atoms with Crippen molar-refractivity contribution in [1.29, 1.82) is 0 Å². The highest BCUT2D eigenvalue weighted by atomic mass is 35.5. The Balaban J connectivity index is 0.00000161. The molecular weight excluding hydrogens is 292 g/mol. The zero-order valence-electron chi connectivity index (χ0n) is 11.7. The average Bonchev–Trinajstić information content (AvgIpc) is 2.91. The number of ether oxygens (including phenoxy) is 2. The maximum Gasteiger partial charge on any atom is 0.246 e. The lowest BCUT2D eigenvalue weighted by atomic mass is 10.2. The Kier molecular flexibility index (Phi) is 5.09. The molecule has 5 nitrogen and oxygen atoms in total. The molecule has 2 N–H and O–H groups in total. The molecule has 0 bridgehead atoms. The number of nitrogens with two attached hydrogens (primary N) is 1. The van der Waals surface area contributed by atoms with Crippen LogP contribution in [0.2, 0.25) is 0 Å². The van der Waals surface area contributed by atoms with Gasteiger partial charge >= 0.3 is 0 Å². The Labute approximate surface area is 130 Å². The Morgan fingerprint density at radius 2 is 2.05 bits per heavy atom. The van der Waals surface area contributed by atoms with Crippen LogP contribution in [0.3, 0.4) is 0 Å². The van der Waals surface area contributed by atoms with Crippen LogP contribution in [0.4, 0.5) is 0 Å². The van der Waals surface area contributed by atoms with Gasteiger partial charge in [-0.2, -0.15) is 0 Å². The number of halogens is 1. The van der Waals surface area contributed by atoms with Crippen LogP contribution in [0.1, 0.15) is 12.0 Å². The number of likely N-dealkylation sites (tertiary alicyclic amines) is 1. The highest BCUT2D eigenvalue weighted by Gasteiger charge is 2.21. The van der Waals surface area contributed by atoms with Crippen LogP contribution in [0, 0.1) is 0 Å². The molecule has 0 saturated carbocycles. The van der Waals surface area contributed by atoms with E-state index in [-0.39, 0.29) is 24.4 Å². The number of nitrogens with zero attached hydrogens (tertiary/aromatic N) is 1. The van der Waals surface area contributed by atoms with Gasteiger partial charge < -0.3 is 20.1 Å². The first-order chi connectivity index (χ1) is 9.72. The van der Waals surface area contributed by atoms with Crippen LogP contribution in [0.5, 0.6) is 11.5 Å². The van der Waals surface area contributed by atoms with Crippen molar-refractivity contribution >= 4 is 24.4 Å². The van der Waals surface area contributed by atoms with Gasteiger partial charge in [0.15, 0.2) is 11.5 Å². The Morgan fingerprint density at radius 1 is 1.29 bits per heavy atom. The fourth-order valence-corrected chi connectivity index (χ4v) is 2.42. The highest BCUT2D eigenvalue weighted by molar-refractivity contribution is 5.92. The summed E-state index contributed by atoms with van der Waals surface area (Å²) in [4.78, 5) is 13.8. The van der Waals surface area contributed by atoms with Crippen LogP contribution in [0.15, 0.2) is 24.3 Å². The number of hydrogen-bond donors (Lipinski definition) is 1. The van der Waals surface area contributed by atoms with Crippen LogP contribution >= 0.6 is 12.4 Å². The third kappa shape index (κ3) is 3.68. The van der Waals surface area contributed by atoms with Crippen molar-refractivity contribution in [2.75, 3.05) is 26.3 Å². The average molecular weight is 311 g/mol. The van der Waals surface area contributed by atoms with Gasteiger partial charge in [0.25, 0.3) is 0 Å². The summed E-state index contributed by atoms with van der Waals surface area (Å²) in [6.45, 7) is 2.52. The lowest BCUT2D eigenvalue weighted by Crippen LogP contribution is -2.30. The maximum atomic E-state index is 12.0. The molecule has 0 aromatic heterocycles. The fourth-order valence-electron chi connectivity index (χ4n) is 2.42. The maximum absolute atomic E-state index is 12.0. The fraction of sp³-hybridized carbons (Fsp3) is 0.400. The lowest BCUT2D eigenvalue weighted by Gasteiger charge is -2.18. The second-order valence-corrected chi connectivity index (χ2v) is 5.07. The van der Waals surface area contributed by atoms with Gasteiger partial charge in [-0.1, -0.05) is 6.07 Å². The van der Waals surface area contributed by atoms with Crippen LogP contribution in [-0.2, 0) is 4.79 Å². The normalized spacial score (nSPS) is 20.4. The summed E-state index contributed by atoms with van der Waals surface area (Å²) in [5, 5.41) is 0.